The lowest BCUT2D eigenvalue weighted by atomic mass is 9.68. The molecule has 0 saturated carbocycles. The van der Waals surface area contributed by atoms with Crippen LogP contribution in [-0.2, 0) is 11.8 Å². The van der Waals surface area contributed by atoms with E-state index in [4.69, 9.17) is 0 Å². The summed E-state index contributed by atoms with van der Waals surface area (Å²) in [5.41, 5.74) is 18.6. The number of benzene rings is 4. The fourth-order valence-corrected chi connectivity index (χ4v) is 5.85. The van der Waals surface area contributed by atoms with E-state index in [0.29, 0.717) is 0 Å². The molecule has 1 spiro atoms. The molecule has 1 atom stereocenters. The highest BCUT2D eigenvalue weighted by molar-refractivity contribution is 5.96. The number of hydrogen-bond donors (Lipinski definition) is 1. The standard InChI is InChI=1S/C28H22.CH5N/c1-3-19-11-9-15-23-21-13-5-7-17-25(21)28(27(19)23)24-16-6-4-12-20(24)22-14-8-10-18(2)26(22)28;1-2/h4-17H,3H2,1-2H3;2H2,1H3. The Morgan fingerprint density at radius 1 is 0.600 bits per heavy atom. The first-order valence-corrected chi connectivity index (χ1v) is 10.8. The third kappa shape index (κ3) is 2.16. The van der Waals surface area contributed by atoms with Crippen molar-refractivity contribution in [2.45, 2.75) is 25.7 Å². The van der Waals surface area contributed by atoms with Gasteiger partial charge in [0.25, 0.3) is 0 Å². The molecule has 2 aliphatic carbocycles. The van der Waals surface area contributed by atoms with Gasteiger partial charge in [-0.05, 0) is 76.0 Å². The second kappa shape index (κ2) is 6.97. The Bertz CT molecular complexity index is 1250. The van der Waals surface area contributed by atoms with E-state index in [1.54, 1.807) is 0 Å². The van der Waals surface area contributed by atoms with Crippen molar-refractivity contribution in [3.05, 3.63) is 118 Å². The van der Waals surface area contributed by atoms with Crippen LogP contribution in [0.15, 0.2) is 84.9 Å². The van der Waals surface area contributed by atoms with Crippen molar-refractivity contribution in [2.75, 3.05) is 7.05 Å². The van der Waals surface area contributed by atoms with Gasteiger partial charge in [-0.15, -0.1) is 0 Å². The predicted octanol–water partition coefficient (Wildman–Crippen LogP) is 6.48. The Morgan fingerprint density at radius 3 is 1.70 bits per heavy atom. The summed E-state index contributed by atoms with van der Waals surface area (Å²) in [5, 5.41) is 0. The van der Waals surface area contributed by atoms with Crippen LogP contribution in [0.3, 0.4) is 0 Å². The van der Waals surface area contributed by atoms with E-state index in [1.165, 1.54) is 62.7 Å². The maximum Gasteiger partial charge on any atom is 0.0730 e. The summed E-state index contributed by atoms with van der Waals surface area (Å²) < 4.78 is 0. The monoisotopic (exact) mass is 389 g/mol. The van der Waals surface area contributed by atoms with Gasteiger partial charge >= 0.3 is 0 Å². The highest BCUT2D eigenvalue weighted by atomic mass is 14.5. The van der Waals surface area contributed by atoms with Crippen LogP contribution in [0.4, 0.5) is 0 Å². The molecule has 0 aliphatic heterocycles. The molecule has 0 fully saturated rings. The van der Waals surface area contributed by atoms with E-state index in [2.05, 4.69) is 105 Å². The fourth-order valence-electron chi connectivity index (χ4n) is 5.85. The summed E-state index contributed by atoms with van der Waals surface area (Å²) in [4.78, 5) is 0. The summed E-state index contributed by atoms with van der Waals surface area (Å²) in [6.07, 6.45) is 1.04. The van der Waals surface area contributed by atoms with Gasteiger partial charge in [0, 0.05) is 0 Å². The lowest BCUT2D eigenvalue weighted by Gasteiger charge is -2.33. The Balaban J connectivity index is 0.000000937. The maximum atomic E-state index is 4.50. The molecule has 0 amide bonds. The molecule has 30 heavy (non-hydrogen) atoms. The van der Waals surface area contributed by atoms with E-state index < -0.39 is 0 Å². The van der Waals surface area contributed by atoms with Gasteiger partial charge < -0.3 is 5.73 Å². The van der Waals surface area contributed by atoms with Gasteiger partial charge in [0.05, 0.1) is 5.41 Å². The molecule has 148 valence electrons. The average molecular weight is 390 g/mol. The summed E-state index contributed by atoms with van der Waals surface area (Å²) in [5.74, 6) is 0. The van der Waals surface area contributed by atoms with Crippen molar-refractivity contribution < 1.29 is 0 Å². The third-order valence-corrected chi connectivity index (χ3v) is 6.80. The predicted molar refractivity (Wildman–Crippen MR) is 127 cm³/mol. The minimum absolute atomic E-state index is 0.199. The van der Waals surface area contributed by atoms with E-state index in [1.807, 2.05) is 0 Å². The van der Waals surface area contributed by atoms with Gasteiger partial charge in [0.2, 0.25) is 0 Å². The Morgan fingerprint density at radius 2 is 1.10 bits per heavy atom. The minimum Gasteiger partial charge on any atom is -0.333 e. The lowest BCUT2D eigenvalue weighted by molar-refractivity contribution is 0.772. The molecular weight excluding hydrogens is 362 g/mol. The Labute approximate surface area is 179 Å². The van der Waals surface area contributed by atoms with Gasteiger partial charge in [0.15, 0.2) is 0 Å². The molecule has 0 heterocycles. The summed E-state index contributed by atoms with van der Waals surface area (Å²) >= 11 is 0. The molecular formula is C29H27N. The van der Waals surface area contributed by atoms with E-state index >= 15 is 0 Å². The van der Waals surface area contributed by atoms with Crippen LogP contribution in [0.2, 0.25) is 0 Å². The van der Waals surface area contributed by atoms with Crippen LogP contribution in [0, 0.1) is 6.92 Å². The Kier molecular flexibility index (Phi) is 4.38. The van der Waals surface area contributed by atoms with Crippen molar-refractivity contribution in [1.29, 1.82) is 0 Å². The van der Waals surface area contributed by atoms with Gasteiger partial charge in [-0.25, -0.2) is 0 Å². The zero-order chi connectivity index (χ0) is 20.9. The van der Waals surface area contributed by atoms with Crippen LogP contribution < -0.4 is 5.73 Å². The number of fused-ring (bicyclic) bond motifs is 10. The third-order valence-electron chi connectivity index (χ3n) is 6.80. The highest BCUT2D eigenvalue weighted by Gasteiger charge is 2.52. The molecule has 4 aromatic carbocycles. The molecule has 0 radical (unpaired) electrons. The number of nitrogens with two attached hydrogens (primary N) is 1. The largest absolute Gasteiger partial charge is 0.333 e. The van der Waals surface area contributed by atoms with Gasteiger partial charge in [-0.2, -0.15) is 0 Å². The maximum absolute atomic E-state index is 4.50. The zero-order valence-electron chi connectivity index (χ0n) is 17.9. The second-order valence-corrected chi connectivity index (χ2v) is 8.03. The fraction of sp³-hybridized carbons (Fsp3) is 0.172. The molecule has 2 aliphatic rings. The molecule has 1 nitrogen and oxygen atoms in total. The zero-order valence-corrected chi connectivity index (χ0v) is 17.9. The normalized spacial score (nSPS) is 16.9. The van der Waals surface area contributed by atoms with Crippen LogP contribution in [0.25, 0.3) is 22.3 Å². The summed E-state index contributed by atoms with van der Waals surface area (Å²) in [7, 11) is 1.50. The molecule has 2 N–H and O–H groups in total. The molecule has 4 aromatic rings. The molecule has 0 bridgehead atoms. The van der Waals surface area contributed by atoms with Crippen molar-refractivity contribution in [1.82, 2.24) is 0 Å². The van der Waals surface area contributed by atoms with Crippen LogP contribution >= 0.6 is 0 Å². The van der Waals surface area contributed by atoms with E-state index in [0.717, 1.165) is 6.42 Å². The van der Waals surface area contributed by atoms with Crippen LogP contribution in [0.5, 0.6) is 0 Å². The topological polar surface area (TPSA) is 26.0 Å². The minimum atomic E-state index is -0.199. The number of rotatable bonds is 1. The van der Waals surface area contributed by atoms with Crippen LogP contribution in [0.1, 0.15) is 40.3 Å². The lowest BCUT2D eigenvalue weighted by Crippen LogP contribution is -2.28. The van der Waals surface area contributed by atoms with Crippen molar-refractivity contribution in [2.24, 2.45) is 5.73 Å². The van der Waals surface area contributed by atoms with Crippen LogP contribution in [-0.4, -0.2) is 7.05 Å². The van der Waals surface area contributed by atoms with E-state index in [9.17, 15) is 0 Å². The van der Waals surface area contributed by atoms with Gasteiger partial charge in [-0.1, -0.05) is 91.9 Å². The summed E-state index contributed by atoms with van der Waals surface area (Å²) in [6.45, 7) is 4.56. The number of hydrogen-bond acceptors (Lipinski definition) is 1. The van der Waals surface area contributed by atoms with E-state index in [-0.39, 0.29) is 5.41 Å². The first kappa shape index (κ1) is 18.8. The average Bonchev–Trinajstić information content (AvgIpc) is 3.28. The molecule has 1 heteroatoms. The van der Waals surface area contributed by atoms with Crippen molar-refractivity contribution in [3.63, 3.8) is 0 Å². The van der Waals surface area contributed by atoms with Crippen molar-refractivity contribution in [3.8, 4) is 22.3 Å². The summed E-state index contributed by atoms with van der Waals surface area (Å²) in [6, 6.07) is 31.8. The molecule has 0 aromatic heterocycles. The van der Waals surface area contributed by atoms with Gasteiger partial charge in [0.1, 0.15) is 0 Å². The smallest absolute Gasteiger partial charge is 0.0730 e. The van der Waals surface area contributed by atoms with Crippen molar-refractivity contribution >= 4 is 0 Å². The second-order valence-electron chi connectivity index (χ2n) is 8.03. The molecule has 1 unspecified atom stereocenters. The first-order chi connectivity index (χ1) is 14.8. The quantitative estimate of drug-likeness (QED) is 0.342. The Hall–Kier alpha value is -3.16. The number of aryl methyl sites for hydroxylation is 2. The highest BCUT2D eigenvalue weighted by Crippen LogP contribution is 2.64. The van der Waals surface area contributed by atoms with Gasteiger partial charge in [-0.3, -0.25) is 0 Å². The molecule has 0 saturated heterocycles. The first-order valence-electron chi connectivity index (χ1n) is 10.8. The SMILES string of the molecule is CCc1cccc2c1C1(c3ccccc3-c3cccc(C)c31)c1ccccc1-2.CN. The molecule has 6 rings (SSSR count).